The fraction of sp³-hybridized carbons (Fsp3) is 0.550. The number of rotatable bonds is 2. The fourth-order valence-corrected chi connectivity index (χ4v) is 4.63. The first-order chi connectivity index (χ1) is 12.1. The molecule has 1 aliphatic heterocycles. The lowest BCUT2D eigenvalue weighted by atomic mass is 9.74. The number of hydrogen-bond acceptors (Lipinski definition) is 3. The quantitative estimate of drug-likeness (QED) is 0.840. The molecule has 0 aromatic carbocycles. The van der Waals surface area contributed by atoms with Crippen LogP contribution >= 0.6 is 0 Å². The molecule has 1 amide bonds. The third kappa shape index (κ3) is 2.96. The third-order valence-corrected chi connectivity index (χ3v) is 5.95. The zero-order chi connectivity index (χ0) is 17.4. The summed E-state index contributed by atoms with van der Waals surface area (Å²) in [5.74, 6) is 2.36. The van der Waals surface area contributed by atoms with Gasteiger partial charge in [-0.05, 0) is 63.0 Å². The number of fused-ring (bicyclic) bond motifs is 1. The number of carbonyl (C=O) groups is 1. The van der Waals surface area contributed by atoms with Crippen molar-refractivity contribution in [2.45, 2.75) is 52.0 Å². The van der Waals surface area contributed by atoms with Gasteiger partial charge in [0.2, 0.25) is 0 Å². The van der Waals surface area contributed by atoms with Gasteiger partial charge < -0.3 is 4.90 Å². The van der Waals surface area contributed by atoms with Gasteiger partial charge in [-0.2, -0.15) is 5.10 Å². The predicted octanol–water partition coefficient (Wildman–Crippen LogP) is 3.62. The highest BCUT2D eigenvalue weighted by Gasteiger charge is 2.38. The summed E-state index contributed by atoms with van der Waals surface area (Å²) in [5, 5.41) is 4.42. The molecule has 4 rings (SSSR count). The van der Waals surface area contributed by atoms with Crippen LogP contribution in [0.15, 0.2) is 30.6 Å². The van der Waals surface area contributed by atoms with Crippen LogP contribution in [0.25, 0.3) is 5.82 Å². The second kappa shape index (κ2) is 6.62. The molecular weight excluding hydrogens is 312 g/mol. The summed E-state index contributed by atoms with van der Waals surface area (Å²) in [6.45, 7) is 5.18. The van der Waals surface area contributed by atoms with Gasteiger partial charge in [0.15, 0.2) is 5.82 Å². The monoisotopic (exact) mass is 338 g/mol. The molecule has 5 nitrogen and oxygen atoms in total. The molecule has 1 saturated carbocycles. The zero-order valence-corrected chi connectivity index (χ0v) is 15.1. The van der Waals surface area contributed by atoms with E-state index in [4.69, 9.17) is 0 Å². The summed E-state index contributed by atoms with van der Waals surface area (Å²) in [6.07, 6.45) is 9.48. The molecule has 25 heavy (non-hydrogen) atoms. The Morgan fingerprint density at radius 1 is 1.24 bits per heavy atom. The van der Waals surface area contributed by atoms with Crippen molar-refractivity contribution < 1.29 is 4.79 Å². The Morgan fingerprint density at radius 3 is 2.92 bits per heavy atom. The molecule has 2 fully saturated rings. The van der Waals surface area contributed by atoms with Gasteiger partial charge in [-0.15, -0.1) is 0 Å². The highest BCUT2D eigenvalue weighted by atomic mass is 16.2. The predicted molar refractivity (Wildman–Crippen MR) is 96.7 cm³/mol. The van der Waals surface area contributed by atoms with Crippen molar-refractivity contribution in [2.75, 3.05) is 6.54 Å². The molecule has 0 unspecified atom stereocenters. The van der Waals surface area contributed by atoms with Gasteiger partial charge in [-0.25, -0.2) is 9.67 Å². The molecule has 132 valence electrons. The van der Waals surface area contributed by atoms with E-state index in [1.807, 2.05) is 25.1 Å². The van der Waals surface area contributed by atoms with E-state index in [1.54, 1.807) is 17.1 Å². The van der Waals surface area contributed by atoms with E-state index in [-0.39, 0.29) is 5.91 Å². The molecule has 1 aliphatic carbocycles. The Bertz CT molecular complexity index is 754. The van der Waals surface area contributed by atoms with Crippen LogP contribution in [0.5, 0.6) is 0 Å². The molecule has 0 N–H and O–H groups in total. The van der Waals surface area contributed by atoms with Crippen LogP contribution in [0.1, 0.15) is 55.1 Å². The van der Waals surface area contributed by atoms with Gasteiger partial charge in [0.1, 0.15) is 0 Å². The topological polar surface area (TPSA) is 51.0 Å². The minimum atomic E-state index is 0.143. The van der Waals surface area contributed by atoms with Crippen molar-refractivity contribution in [3.05, 3.63) is 41.9 Å². The van der Waals surface area contributed by atoms with Crippen molar-refractivity contribution in [1.29, 1.82) is 0 Å². The minimum absolute atomic E-state index is 0.143. The van der Waals surface area contributed by atoms with E-state index in [2.05, 4.69) is 21.9 Å². The summed E-state index contributed by atoms with van der Waals surface area (Å²) in [4.78, 5) is 19.7. The second-order valence-corrected chi connectivity index (χ2v) is 7.63. The van der Waals surface area contributed by atoms with Gasteiger partial charge >= 0.3 is 0 Å². The standard InChI is InChI=1S/C20H26N4O/c1-14-8-9-18-16(12-14)6-5-11-23(18)20(25)17-13-22-24(15(17)2)19-7-3-4-10-21-19/h3-4,7,10,13-14,16,18H,5-6,8-9,11-12H2,1-2H3/t14-,16-,18+/m1/s1. The molecule has 2 aliphatic rings. The van der Waals surface area contributed by atoms with Crippen molar-refractivity contribution >= 4 is 5.91 Å². The van der Waals surface area contributed by atoms with Crippen LogP contribution in [-0.4, -0.2) is 38.2 Å². The molecule has 3 heterocycles. The second-order valence-electron chi connectivity index (χ2n) is 7.63. The number of piperidine rings is 1. The maximum atomic E-state index is 13.3. The summed E-state index contributed by atoms with van der Waals surface area (Å²) >= 11 is 0. The van der Waals surface area contributed by atoms with Crippen molar-refractivity contribution in [1.82, 2.24) is 19.7 Å². The largest absolute Gasteiger partial charge is 0.335 e. The number of aromatic nitrogens is 3. The van der Waals surface area contributed by atoms with Gasteiger partial charge in [-0.3, -0.25) is 4.79 Å². The normalized spacial score (nSPS) is 26.3. The lowest BCUT2D eigenvalue weighted by Gasteiger charge is -2.45. The Morgan fingerprint density at radius 2 is 2.12 bits per heavy atom. The maximum Gasteiger partial charge on any atom is 0.257 e. The fourth-order valence-electron chi connectivity index (χ4n) is 4.63. The zero-order valence-electron chi connectivity index (χ0n) is 15.1. The van der Waals surface area contributed by atoms with Crippen LogP contribution in [0.4, 0.5) is 0 Å². The Balaban J connectivity index is 1.60. The van der Waals surface area contributed by atoms with Gasteiger partial charge in [0, 0.05) is 18.8 Å². The first-order valence-electron chi connectivity index (χ1n) is 9.42. The first kappa shape index (κ1) is 16.3. The van der Waals surface area contributed by atoms with Crippen LogP contribution < -0.4 is 0 Å². The Hall–Kier alpha value is -2.17. The summed E-state index contributed by atoms with van der Waals surface area (Å²) < 4.78 is 1.76. The molecular formula is C20H26N4O. The number of pyridine rings is 1. The number of nitrogens with zero attached hydrogens (tertiary/aromatic N) is 4. The average molecular weight is 338 g/mol. The van der Waals surface area contributed by atoms with Crippen molar-refractivity contribution in [2.24, 2.45) is 11.8 Å². The van der Waals surface area contributed by atoms with Gasteiger partial charge in [0.05, 0.1) is 17.5 Å². The number of amides is 1. The van der Waals surface area contributed by atoms with E-state index >= 15 is 0 Å². The Labute approximate surface area is 149 Å². The Kier molecular flexibility index (Phi) is 4.32. The third-order valence-electron chi connectivity index (χ3n) is 5.95. The van der Waals surface area contributed by atoms with Crippen molar-refractivity contribution in [3.63, 3.8) is 0 Å². The number of hydrogen-bond donors (Lipinski definition) is 0. The van der Waals surface area contributed by atoms with Crippen LogP contribution in [0.2, 0.25) is 0 Å². The summed E-state index contributed by atoms with van der Waals surface area (Å²) in [6, 6.07) is 6.14. The molecule has 1 saturated heterocycles. The highest BCUT2D eigenvalue weighted by molar-refractivity contribution is 5.95. The minimum Gasteiger partial charge on any atom is -0.335 e. The lowest BCUT2D eigenvalue weighted by molar-refractivity contribution is 0.0321. The molecule has 0 radical (unpaired) electrons. The van der Waals surface area contributed by atoms with Gasteiger partial charge in [-0.1, -0.05) is 13.0 Å². The van der Waals surface area contributed by atoms with E-state index < -0.39 is 0 Å². The average Bonchev–Trinajstić information content (AvgIpc) is 3.02. The highest BCUT2D eigenvalue weighted by Crippen LogP contribution is 2.38. The molecule has 0 spiro atoms. The molecule has 5 heteroatoms. The van der Waals surface area contributed by atoms with Crippen LogP contribution in [0.3, 0.4) is 0 Å². The number of carbonyl (C=O) groups excluding carboxylic acids is 1. The summed E-state index contributed by atoms with van der Waals surface area (Å²) in [7, 11) is 0. The van der Waals surface area contributed by atoms with E-state index in [1.165, 1.54) is 19.3 Å². The van der Waals surface area contributed by atoms with Crippen molar-refractivity contribution in [3.8, 4) is 5.82 Å². The molecule has 0 bridgehead atoms. The first-order valence-corrected chi connectivity index (χ1v) is 9.42. The van der Waals surface area contributed by atoms with Crippen LogP contribution in [-0.2, 0) is 0 Å². The molecule has 3 atom stereocenters. The SMILES string of the molecule is Cc1c(C(=O)N2CCC[C@@H]3C[C@H](C)CC[C@@H]32)cnn1-c1ccccn1. The lowest BCUT2D eigenvalue weighted by Crippen LogP contribution is -2.50. The number of likely N-dealkylation sites (tertiary alicyclic amines) is 1. The van der Waals surface area contributed by atoms with E-state index in [0.29, 0.717) is 17.5 Å². The molecule has 2 aromatic rings. The van der Waals surface area contributed by atoms with E-state index in [0.717, 1.165) is 36.8 Å². The van der Waals surface area contributed by atoms with Gasteiger partial charge in [0.25, 0.3) is 5.91 Å². The smallest absolute Gasteiger partial charge is 0.257 e. The van der Waals surface area contributed by atoms with Crippen LogP contribution in [0, 0.1) is 18.8 Å². The molecule has 2 aromatic heterocycles. The maximum absolute atomic E-state index is 13.3. The van der Waals surface area contributed by atoms with E-state index in [9.17, 15) is 4.79 Å². The summed E-state index contributed by atoms with van der Waals surface area (Å²) in [5.41, 5.74) is 1.58.